The van der Waals surface area contributed by atoms with Gasteiger partial charge in [-0.1, -0.05) is 12.1 Å². The van der Waals surface area contributed by atoms with Gasteiger partial charge in [0.2, 0.25) is 0 Å². The number of para-hydroxylation sites is 1. The van der Waals surface area contributed by atoms with Crippen LogP contribution in [0.25, 0.3) is 21.8 Å². The lowest BCUT2D eigenvalue weighted by molar-refractivity contribution is 0.622. The van der Waals surface area contributed by atoms with E-state index in [1.165, 1.54) is 6.07 Å². The molecule has 0 bridgehead atoms. The smallest absolute Gasteiger partial charge is 0.316 e. The minimum absolute atomic E-state index is 0.112. The number of aryl methyl sites for hydroxylation is 1. The van der Waals surface area contributed by atoms with Crippen LogP contribution in [-0.4, -0.2) is 13.0 Å². The van der Waals surface area contributed by atoms with Gasteiger partial charge in [0.25, 0.3) is 0 Å². The number of hydrogen-bond donors (Lipinski definition) is 0. The monoisotopic (exact) mass is 300 g/mol. The second-order valence-corrected chi connectivity index (χ2v) is 5.22. The van der Waals surface area contributed by atoms with Gasteiger partial charge in [-0.15, -0.1) is 4.36 Å². The summed E-state index contributed by atoms with van der Waals surface area (Å²) in [5.41, 5.74) is 1.79. The van der Waals surface area contributed by atoms with Gasteiger partial charge >= 0.3 is 10.5 Å². The van der Waals surface area contributed by atoms with Crippen LogP contribution in [0.5, 0.6) is 0 Å². The van der Waals surface area contributed by atoms with Crippen LogP contribution in [0.4, 0.5) is 5.69 Å². The van der Waals surface area contributed by atoms with Crippen LogP contribution in [0.1, 0.15) is 6.92 Å². The zero-order valence-corrected chi connectivity index (χ0v) is 12.1. The normalized spacial score (nSPS) is 10.9. The largest absolute Gasteiger partial charge is 0.341 e. The molecule has 0 radical (unpaired) electrons. The Hall–Kier alpha value is -2.47. The van der Waals surface area contributed by atoms with Crippen LogP contribution >= 0.6 is 0 Å². The van der Waals surface area contributed by atoms with Crippen molar-refractivity contribution in [1.82, 2.24) is 4.57 Å². The van der Waals surface area contributed by atoms with Gasteiger partial charge in [-0.3, -0.25) is 4.79 Å². The fraction of sp³-hybridized carbons (Fsp3) is 0.133. The molecule has 0 amide bonds. The van der Waals surface area contributed by atoms with Gasteiger partial charge in [-0.05, 0) is 37.3 Å². The molecule has 3 rings (SSSR count). The van der Waals surface area contributed by atoms with Crippen molar-refractivity contribution in [2.45, 2.75) is 13.5 Å². The molecule has 106 valence electrons. The molecule has 3 aromatic rings. The van der Waals surface area contributed by atoms with Crippen LogP contribution in [-0.2, 0) is 17.0 Å². The van der Waals surface area contributed by atoms with Gasteiger partial charge in [-0.25, -0.2) is 0 Å². The molecule has 2 aromatic carbocycles. The average molecular weight is 300 g/mol. The molecule has 5 nitrogen and oxygen atoms in total. The van der Waals surface area contributed by atoms with Crippen LogP contribution in [0.2, 0.25) is 0 Å². The van der Waals surface area contributed by atoms with E-state index in [1.807, 2.05) is 29.7 Å². The first-order valence-electron chi connectivity index (χ1n) is 6.48. The van der Waals surface area contributed by atoms with E-state index >= 15 is 0 Å². The number of benzene rings is 2. The lowest BCUT2D eigenvalue weighted by Gasteiger charge is -2.13. The minimum Gasteiger partial charge on any atom is -0.341 e. The summed E-state index contributed by atoms with van der Waals surface area (Å²) in [7, 11) is -2.53. The predicted molar refractivity (Wildman–Crippen MR) is 82.4 cm³/mol. The van der Waals surface area contributed by atoms with Crippen molar-refractivity contribution in [3.8, 4) is 0 Å². The third-order valence-corrected chi connectivity index (χ3v) is 3.81. The summed E-state index contributed by atoms with van der Waals surface area (Å²) < 4.78 is 26.8. The highest BCUT2D eigenvalue weighted by Crippen LogP contribution is 2.23. The summed E-state index contributed by atoms with van der Waals surface area (Å²) in [5, 5.41) is 1.09. The second kappa shape index (κ2) is 5.14. The fourth-order valence-corrected chi connectivity index (χ4v) is 2.89. The molecule has 0 unspecified atom stereocenters. The Morgan fingerprint density at radius 1 is 1.05 bits per heavy atom. The topological polar surface area (TPSA) is 68.5 Å². The highest BCUT2D eigenvalue weighted by Gasteiger charge is 2.10. The van der Waals surface area contributed by atoms with Crippen LogP contribution in [0.3, 0.4) is 0 Å². The molecule has 0 fully saturated rings. The summed E-state index contributed by atoms with van der Waals surface area (Å²) in [6.07, 6.45) is 0. The maximum atomic E-state index is 12.6. The fourth-order valence-electron chi connectivity index (χ4n) is 2.60. The van der Waals surface area contributed by atoms with Gasteiger partial charge in [0.1, 0.15) is 0 Å². The van der Waals surface area contributed by atoms with E-state index in [0.29, 0.717) is 17.3 Å². The highest BCUT2D eigenvalue weighted by molar-refractivity contribution is 7.61. The summed E-state index contributed by atoms with van der Waals surface area (Å²) in [5.74, 6) is 0. The minimum atomic E-state index is -2.53. The van der Waals surface area contributed by atoms with Crippen molar-refractivity contribution in [1.29, 1.82) is 0 Å². The SMILES string of the molecule is CCn1c2ccccc2c(=O)c2cc(N=S(=O)=O)ccc21. The molecule has 21 heavy (non-hydrogen) atoms. The first-order chi connectivity index (χ1) is 10.1. The van der Waals surface area contributed by atoms with E-state index in [9.17, 15) is 13.2 Å². The van der Waals surface area contributed by atoms with Crippen LogP contribution in [0, 0.1) is 0 Å². The van der Waals surface area contributed by atoms with E-state index in [4.69, 9.17) is 0 Å². The standard InChI is InChI=1S/C15H12N2O3S/c1-2-17-13-6-4-3-5-11(13)15(18)12-9-10(16-21(19)20)7-8-14(12)17/h3-9H,2H2,1H3. The van der Waals surface area contributed by atoms with Gasteiger partial charge in [0.15, 0.2) is 5.43 Å². The van der Waals surface area contributed by atoms with Gasteiger partial charge in [-0.2, -0.15) is 8.42 Å². The number of nitrogens with zero attached hydrogens (tertiary/aromatic N) is 2. The van der Waals surface area contributed by atoms with E-state index in [2.05, 4.69) is 4.36 Å². The van der Waals surface area contributed by atoms with Crippen molar-refractivity contribution in [2.24, 2.45) is 4.36 Å². The van der Waals surface area contributed by atoms with E-state index in [-0.39, 0.29) is 11.1 Å². The number of aromatic nitrogens is 1. The molecule has 1 heterocycles. The lowest BCUT2D eigenvalue weighted by Crippen LogP contribution is -2.10. The van der Waals surface area contributed by atoms with Crippen LogP contribution < -0.4 is 5.43 Å². The summed E-state index contributed by atoms with van der Waals surface area (Å²) in [6, 6.07) is 12.2. The predicted octanol–water partition coefficient (Wildman–Crippen LogP) is 2.87. The molecule has 0 saturated heterocycles. The molecule has 0 aliphatic carbocycles. The molecule has 1 aromatic heterocycles. The Bertz CT molecular complexity index is 1040. The van der Waals surface area contributed by atoms with Crippen molar-refractivity contribution in [3.63, 3.8) is 0 Å². The molecule has 6 heteroatoms. The quantitative estimate of drug-likeness (QED) is 0.683. The van der Waals surface area contributed by atoms with Crippen molar-refractivity contribution in [3.05, 3.63) is 52.7 Å². The Labute approximate surface area is 122 Å². The Morgan fingerprint density at radius 3 is 2.48 bits per heavy atom. The van der Waals surface area contributed by atoms with Crippen molar-refractivity contribution < 1.29 is 8.42 Å². The summed E-state index contributed by atoms with van der Waals surface area (Å²) in [6.45, 7) is 2.71. The van der Waals surface area contributed by atoms with Gasteiger partial charge in [0, 0.05) is 17.3 Å². The molecular weight excluding hydrogens is 288 g/mol. The molecular formula is C15H12N2O3S. The zero-order valence-electron chi connectivity index (χ0n) is 11.3. The molecule has 0 saturated carbocycles. The number of pyridine rings is 1. The first-order valence-corrected chi connectivity index (χ1v) is 7.51. The number of rotatable bonds is 2. The molecule has 0 aliphatic rings. The summed E-state index contributed by atoms with van der Waals surface area (Å²) >= 11 is 0. The molecule has 0 spiro atoms. The molecule has 0 atom stereocenters. The Balaban J connectivity index is 2.54. The van der Waals surface area contributed by atoms with E-state index in [0.717, 1.165) is 11.0 Å². The Morgan fingerprint density at radius 2 is 1.76 bits per heavy atom. The third kappa shape index (κ3) is 2.23. The van der Waals surface area contributed by atoms with Gasteiger partial charge < -0.3 is 4.57 Å². The Kier molecular flexibility index (Phi) is 3.31. The first kappa shape index (κ1) is 13.5. The number of hydrogen-bond acceptors (Lipinski definition) is 4. The third-order valence-electron chi connectivity index (χ3n) is 3.45. The van der Waals surface area contributed by atoms with Crippen LogP contribution in [0.15, 0.2) is 51.6 Å². The maximum absolute atomic E-state index is 12.6. The van der Waals surface area contributed by atoms with Gasteiger partial charge in [0.05, 0.1) is 16.7 Å². The molecule has 0 aliphatic heterocycles. The summed E-state index contributed by atoms with van der Waals surface area (Å²) in [4.78, 5) is 12.6. The average Bonchev–Trinajstić information content (AvgIpc) is 2.48. The van der Waals surface area contributed by atoms with E-state index in [1.54, 1.807) is 18.2 Å². The number of fused-ring (bicyclic) bond motifs is 2. The van der Waals surface area contributed by atoms with Crippen molar-refractivity contribution in [2.75, 3.05) is 0 Å². The molecule has 0 N–H and O–H groups in total. The van der Waals surface area contributed by atoms with Crippen molar-refractivity contribution >= 4 is 38.0 Å². The zero-order chi connectivity index (χ0) is 15.0. The lowest BCUT2D eigenvalue weighted by atomic mass is 10.1. The second-order valence-electron chi connectivity index (χ2n) is 4.60. The highest BCUT2D eigenvalue weighted by atomic mass is 32.2. The maximum Gasteiger partial charge on any atom is 0.316 e. The van der Waals surface area contributed by atoms with E-state index < -0.39 is 10.5 Å².